The van der Waals surface area contributed by atoms with Crippen LogP contribution >= 0.6 is 0 Å². The Morgan fingerprint density at radius 2 is 2.00 bits per heavy atom. The van der Waals surface area contributed by atoms with Crippen molar-refractivity contribution in [1.82, 2.24) is 20.5 Å². The van der Waals surface area contributed by atoms with Crippen molar-refractivity contribution >= 4 is 16.0 Å². The number of rotatable bonds is 5. The summed E-state index contributed by atoms with van der Waals surface area (Å²) < 4.78 is 26.8. The molecule has 0 atom stereocenters. The Morgan fingerprint density at radius 3 is 2.68 bits per heavy atom. The van der Waals surface area contributed by atoms with Gasteiger partial charge in [-0.05, 0) is 18.7 Å². The van der Waals surface area contributed by atoms with Gasteiger partial charge in [0, 0.05) is 6.54 Å². The number of sulfonamides is 1. The average molecular weight is 279 g/mol. The minimum absolute atomic E-state index is 0.0539. The van der Waals surface area contributed by atoms with Gasteiger partial charge < -0.3 is 5.32 Å². The maximum absolute atomic E-state index is 12.3. The first kappa shape index (κ1) is 13.4. The van der Waals surface area contributed by atoms with Crippen molar-refractivity contribution in [3.63, 3.8) is 0 Å². The number of nitrogens with one attached hydrogen (secondary N) is 2. The number of nitrogens with zero attached hydrogens (tertiary/aromatic N) is 3. The summed E-state index contributed by atoms with van der Waals surface area (Å²) in [6.45, 7) is 0.449. The van der Waals surface area contributed by atoms with Gasteiger partial charge in [-0.2, -0.15) is 5.10 Å². The molecule has 0 aliphatic heterocycles. The standard InChI is InChI=1S/C11H13N5O2S/c1-12-8-9-4-2-3-5-10(9)19(17,18)16-11-13-6-7-14-15-11/h2-7,12H,8H2,1H3,(H,13,15,16). The van der Waals surface area contributed by atoms with E-state index in [9.17, 15) is 8.42 Å². The smallest absolute Gasteiger partial charge is 0.264 e. The lowest BCUT2D eigenvalue weighted by Gasteiger charge is -2.10. The van der Waals surface area contributed by atoms with Gasteiger partial charge in [0.15, 0.2) is 0 Å². The van der Waals surface area contributed by atoms with Crippen LogP contribution in [0.5, 0.6) is 0 Å². The van der Waals surface area contributed by atoms with Gasteiger partial charge in [-0.3, -0.25) is 0 Å². The second-order valence-electron chi connectivity index (χ2n) is 3.71. The van der Waals surface area contributed by atoms with Gasteiger partial charge in [0.2, 0.25) is 0 Å². The molecule has 0 aliphatic carbocycles. The van der Waals surface area contributed by atoms with Crippen LogP contribution in [0.3, 0.4) is 0 Å². The van der Waals surface area contributed by atoms with E-state index in [0.29, 0.717) is 12.1 Å². The van der Waals surface area contributed by atoms with Crippen LogP contribution < -0.4 is 10.0 Å². The molecule has 0 radical (unpaired) electrons. The molecule has 2 aromatic rings. The summed E-state index contributed by atoms with van der Waals surface area (Å²) in [7, 11) is -1.97. The normalized spacial score (nSPS) is 11.2. The quantitative estimate of drug-likeness (QED) is 0.822. The second-order valence-corrected chi connectivity index (χ2v) is 5.36. The number of hydrogen-bond donors (Lipinski definition) is 2. The Hall–Kier alpha value is -2.06. The molecule has 0 amide bonds. The highest BCUT2D eigenvalue weighted by atomic mass is 32.2. The van der Waals surface area contributed by atoms with Gasteiger partial charge in [-0.1, -0.05) is 18.2 Å². The van der Waals surface area contributed by atoms with Crippen molar-refractivity contribution in [2.75, 3.05) is 11.8 Å². The summed E-state index contributed by atoms with van der Waals surface area (Å²) >= 11 is 0. The lowest BCUT2D eigenvalue weighted by Crippen LogP contribution is -2.18. The summed E-state index contributed by atoms with van der Waals surface area (Å²) in [5.41, 5.74) is 0.668. The zero-order valence-corrected chi connectivity index (χ0v) is 11.1. The lowest BCUT2D eigenvalue weighted by atomic mass is 10.2. The number of hydrogen-bond acceptors (Lipinski definition) is 6. The van der Waals surface area contributed by atoms with E-state index < -0.39 is 10.0 Å². The minimum atomic E-state index is -3.72. The Balaban J connectivity index is 2.35. The van der Waals surface area contributed by atoms with Gasteiger partial charge in [0.1, 0.15) is 0 Å². The van der Waals surface area contributed by atoms with Gasteiger partial charge in [-0.15, -0.1) is 5.10 Å². The molecular formula is C11H13N5O2S. The van der Waals surface area contributed by atoms with E-state index in [1.54, 1.807) is 25.2 Å². The van der Waals surface area contributed by atoms with Gasteiger partial charge >= 0.3 is 0 Å². The molecule has 0 saturated heterocycles. The van der Waals surface area contributed by atoms with E-state index in [1.165, 1.54) is 18.5 Å². The molecule has 1 aromatic heterocycles. The summed E-state index contributed by atoms with van der Waals surface area (Å²) in [6, 6.07) is 6.73. The molecule has 0 bridgehead atoms. The van der Waals surface area contributed by atoms with Crippen molar-refractivity contribution in [3.8, 4) is 0 Å². The van der Waals surface area contributed by atoms with Crippen molar-refractivity contribution in [3.05, 3.63) is 42.2 Å². The van der Waals surface area contributed by atoms with Crippen LogP contribution in [0.4, 0.5) is 5.95 Å². The molecule has 0 spiro atoms. The zero-order chi connectivity index (χ0) is 13.7. The van der Waals surface area contributed by atoms with E-state index in [4.69, 9.17) is 0 Å². The Bertz CT molecular complexity index is 645. The molecule has 0 unspecified atom stereocenters. The molecule has 2 rings (SSSR count). The maximum Gasteiger partial charge on any atom is 0.264 e. The monoisotopic (exact) mass is 279 g/mol. The largest absolute Gasteiger partial charge is 0.316 e. The van der Waals surface area contributed by atoms with Crippen LogP contribution in [0.2, 0.25) is 0 Å². The van der Waals surface area contributed by atoms with Crippen LogP contribution in [0.1, 0.15) is 5.56 Å². The SMILES string of the molecule is CNCc1ccccc1S(=O)(=O)Nc1nccnn1. The first-order valence-electron chi connectivity index (χ1n) is 5.52. The van der Waals surface area contributed by atoms with Crippen LogP contribution in [0.25, 0.3) is 0 Å². The second kappa shape index (κ2) is 5.72. The van der Waals surface area contributed by atoms with Gasteiger partial charge in [0.25, 0.3) is 16.0 Å². The lowest BCUT2D eigenvalue weighted by molar-refractivity contribution is 0.598. The predicted molar refractivity (Wildman–Crippen MR) is 69.8 cm³/mol. The summed E-state index contributed by atoms with van der Waals surface area (Å²) in [5.74, 6) is -0.0539. The van der Waals surface area contributed by atoms with Crippen molar-refractivity contribution in [1.29, 1.82) is 0 Å². The Morgan fingerprint density at radius 1 is 1.21 bits per heavy atom. The predicted octanol–water partition coefficient (Wildman–Crippen LogP) is 0.392. The molecule has 1 heterocycles. The summed E-state index contributed by atoms with van der Waals surface area (Å²) in [5, 5.41) is 10.1. The molecule has 0 fully saturated rings. The number of benzene rings is 1. The fourth-order valence-corrected chi connectivity index (χ4v) is 2.76. The first-order chi connectivity index (χ1) is 9.13. The Labute approximate surface area is 111 Å². The third-order valence-corrected chi connectivity index (χ3v) is 3.77. The fourth-order valence-electron chi connectivity index (χ4n) is 1.57. The van der Waals surface area contributed by atoms with E-state index in [0.717, 1.165) is 0 Å². The van der Waals surface area contributed by atoms with Gasteiger partial charge in [0.05, 0.1) is 17.3 Å². The maximum atomic E-state index is 12.3. The number of aromatic nitrogens is 3. The van der Waals surface area contributed by atoms with E-state index in [2.05, 4.69) is 25.2 Å². The first-order valence-corrected chi connectivity index (χ1v) is 7.01. The van der Waals surface area contributed by atoms with Gasteiger partial charge in [-0.25, -0.2) is 18.1 Å². The van der Waals surface area contributed by atoms with Crippen LogP contribution in [-0.4, -0.2) is 30.6 Å². The highest BCUT2D eigenvalue weighted by Crippen LogP contribution is 2.17. The van der Waals surface area contributed by atoms with Crippen molar-refractivity contribution < 1.29 is 8.42 Å². The zero-order valence-electron chi connectivity index (χ0n) is 10.2. The van der Waals surface area contributed by atoms with Crippen LogP contribution in [0.15, 0.2) is 41.6 Å². The third-order valence-electron chi connectivity index (χ3n) is 2.34. The average Bonchev–Trinajstić information content (AvgIpc) is 2.40. The summed E-state index contributed by atoms with van der Waals surface area (Å²) in [4.78, 5) is 3.98. The molecule has 100 valence electrons. The van der Waals surface area contributed by atoms with Crippen molar-refractivity contribution in [2.45, 2.75) is 11.4 Å². The molecule has 7 nitrogen and oxygen atoms in total. The number of anilines is 1. The highest BCUT2D eigenvalue weighted by Gasteiger charge is 2.18. The van der Waals surface area contributed by atoms with Crippen LogP contribution in [0, 0.1) is 0 Å². The molecule has 0 saturated carbocycles. The molecule has 1 aromatic carbocycles. The fraction of sp³-hybridized carbons (Fsp3) is 0.182. The van der Waals surface area contributed by atoms with E-state index in [-0.39, 0.29) is 10.8 Å². The van der Waals surface area contributed by atoms with Crippen molar-refractivity contribution in [2.24, 2.45) is 0 Å². The molecular weight excluding hydrogens is 266 g/mol. The highest BCUT2D eigenvalue weighted by molar-refractivity contribution is 7.92. The topological polar surface area (TPSA) is 96.9 Å². The van der Waals surface area contributed by atoms with Crippen LogP contribution in [-0.2, 0) is 16.6 Å². The third kappa shape index (κ3) is 3.24. The molecule has 2 N–H and O–H groups in total. The molecule has 8 heteroatoms. The molecule has 0 aliphatic rings. The Kier molecular flexibility index (Phi) is 4.03. The van der Waals surface area contributed by atoms with E-state index in [1.807, 2.05) is 0 Å². The molecule has 19 heavy (non-hydrogen) atoms. The minimum Gasteiger partial charge on any atom is -0.316 e. The van der Waals surface area contributed by atoms with E-state index >= 15 is 0 Å². The summed E-state index contributed by atoms with van der Waals surface area (Å²) in [6.07, 6.45) is 2.73.